The number of esters is 1. The van der Waals surface area contributed by atoms with Gasteiger partial charge in [0.25, 0.3) is 0 Å². The molecule has 1 saturated carbocycles. The number of benzene rings is 1. The van der Waals surface area contributed by atoms with Crippen LogP contribution in [0, 0.1) is 5.92 Å². The van der Waals surface area contributed by atoms with Crippen LogP contribution in [0.1, 0.15) is 10.4 Å². The van der Waals surface area contributed by atoms with Crippen LogP contribution in [0.3, 0.4) is 0 Å². The smallest absolute Gasteiger partial charge is 0.338 e. The lowest BCUT2D eigenvalue weighted by molar-refractivity contribution is -0.170. The number of ether oxygens (including phenoxy) is 2. The summed E-state index contributed by atoms with van der Waals surface area (Å²) in [6, 6.07) is 8.36. The van der Waals surface area contributed by atoms with Gasteiger partial charge in [0.05, 0.1) is 18.1 Å². The van der Waals surface area contributed by atoms with Crippen LogP contribution in [0.4, 0.5) is 0 Å². The van der Waals surface area contributed by atoms with E-state index < -0.39 is 42.6 Å². The number of carbonyl (C=O) groups excluding carboxylic acids is 1. The van der Waals surface area contributed by atoms with Crippen molar-refractivity contribution < 1.29 is 29.6 Å². The van der Waals surface area contributed by atoms with Crippen molar-refractivity contribution in [3.8, 4) is 0 Å². The molecule has 1 aromatic carbocycles. The van der Waals surface area contributed by atoms with Crippen LogP contribution >= 0.6 is 0 Å². The van der Waals surface area contributed by atoms with Gasteiger partial charge < -0.3 is 24.8 Å². The summed E-state index contributed by atoms with van der Waals surface area (Å²) in [6.07, 6.45) is -3.10. The Morgan fingerprint density at radius 2 is 2.00 bits per heavy atom. The Bertz CT molecular complexity index is 489. The van der Waals surface area contributed by atoms with E-state index in [0.29, 0.717) is 5.56 Å². The largest absolute Gasteiger partial charge is 0.450 e. The number of aliphatic hydroxyl groups excluding tert-OH is 3. The van der Waals surface area contributed by atoms with E-state index in [9.17, 15) is 20.1 Å². The fraction of sp³-hybridized carbons (Fsp3) is 0.462. The van der Waals surface area contributed by atoms with E-state index >= 15 is 0 Å². The molecule has 3 N–H and O–H groups in total. The molecule has 0 amide bonds. The van der Waals surface area contributed by atoms with Crippen molar-refractivity contribution in [2.75, 3.05) is 6.61 Å². The highest BCUT2D eigenvalue weighted by Gasteiger charge is 2.77. The molecule has 6 heteroatoms. The Balaban J connectivity index is 1.75. The maximum absolute atomic E-state index is 11.9. The number of hydrogen-bond acceptors (Lipinski definition) is 6. The lowest BCUT2D eigenvalue weighted by Crippen LogP contribution is -2.39. The number of hydrogen-bond donors (Lipinski definition) is 3. The maximum Gasteiger partial charge on any atom is 0.338 e. The van der Waals surface area contributed by atoms with Crippen LogP contribution in [-0.4, -0.2) is 52.0 Å². The predicted octanol–water partition coefficient (Wildman–Crippen LogP) is -0.718. The molecule has 1 saturated heterocycles. The summed E-state index contributed by atoms with van der Waals surface area (Å²) in [6.45, 7) is -0.454. The normalized spacial score (nSPS) is 39.7. The summed E-state index contributed by atoms with van der Waals surface area (Å²) in [5, 5.41) is 28.4. The van der Waals surface area contributed by atoms with Gasteiger partial charge in [-0.15, -0.1) is 0 Å². The van der Waals surface area contributed by atoms with E-state index in [4.69, 9.17) is 9.47 Å². The average molecular weight is 266 g/mol. The van der Waals surface area contributed by atoms with Crippen LogP contribution in [0.25, 0.3) is 0 Å². The van der Waals surface area contributed by atoms with Gasteiger partial charge in [-0.3, -0.25) is 0 Å². The number of rotatable bonds is 3. The van der Waals surface area contributed by atoms with Crippen molar-refractivity contribution in [1.29, 1.82) is 0 Å². The summed E-state index contributed by atoms with van der Waals surface area (Å²) in [5.41, 5.74) is -0.888. The van der Waals surface area contributed by atoms with Gasteiger partial charge in [-0.25, -0.2) is 4.79 Å². The van der Waals surface area contributed by atoms with E-state index in [1.54, 1.807) is 30.3 Å². The lowest BCUT2D eigenvalue weighted by atomic mass is 10.1. The zero-order valence-corrected chi connectivity index (χ0v) is 9.97. The Morgan fingerprint density at radius 1 is 1.32 bits per heavy atom. The quantitative estimate of drug-likeness (QED) is 0.625. The van der Waals surface area contributed by atoms with E-state index in [1.807, 2.05) is 0 Å². The van der Waals surface area contributed by atoms with Crippen LogP contribution in [0.5, 0.6) is 0 Å². The standard InChI is InChI=1S/C13H14O6/c14-6-13(8-9(15)12(17)18-10(8)13)19-11(16)7-4-2-1-3-5-7/h1-5,8-10,12,14-15,17H,6H2/t8-,9-,10+,12+,13-/m1/s1. The highest BCUT2D eigenvalue weighted by atomic mass is 16.7. The Labute approximate surface area is 109 Å². The Hall–Kier alpha value is -1.47. The van der Waals surface area contributed by atoms with Gasteiger partial charge in [0.2, 0.25) is 0 Å². The summed E-state index contributed by atoms with van der Waals surface area (Å²) >= 11 is 0. The summed E-state index contributed by atoms with van der Waals surface area (Å²) < 4.78 is 10.3. The van der Waals surface area contributed by atoms with Gasteiger partial charge in [0, 0.05) is 0 Å². The first-order valence-electron chi connectivity index (χ1n) is 6.01. The second kappa shape index (κ2) is 4.28. The minimum Gasteiger partial charge on any atom is -0.450 e. The zero-order chi connectivity index (χ0) is 13.6. The maximum atomic E-state index is 11.9. The molecule has 0 spiro atoms. The molecule has 0 unspecified atom stereocenters. The van der Waals surface area contributed by atoms with Crippen LogP contribution in [0.15, 0.2) is 30.3 Å². The summed E-state index contributed by atoms with van der Waals surface area (Å²) in [7, 11) is 0. The molecule has 1 aliphatic heterocycles. The first-order chi connectivity index (χ1) is 9.10. The molecule has 2 aliphatic rings. The molecule has 0 aromatic heterocycles. The molecule has 2 fully saturated rings. The first kappa shape index (κ1) is 12.6. The van der Waals surface area contributed by atoms with Crippen molar-refractivity contribution in [2.24, 2.45) is 5.92 Å². The van der Waals surface area contributed by atoms with Crippen molar-refractivity contribution in [2.45, 2.75) is 24.1 Å². The molecule has 3 rings (SSSR count). The van der Waals surface area contributed by atoms with E-state index in [2.05, 4.69) is 0 Å². The van der Waals surface area contributed by atoms with Crippen molar-refractivity contribution in [3.05, 3.63) is 35.9 Å². The average Bonchev–Trinajstić information content (AvgIpc) is 2.93. The van der Waals surface area contributed by atoms with Crippen molar-refractivity contribution in [1.82, 2.24) is 0 Å². The van der Waals surface area contributed by atoms with Crippen LogP contribution in [0.2, 0.25) is 0 Å². The predicted molar refractivity (Wildman–Crippen MR) is 62.1 cm³/mol. The molecule has 1 heterocycles. The van der Waals surface area contributed by atoms with Gasteiger partial charge in [-0.1, -0.05) is 18.2 Å². The van der Waals surface area contributed by atoms with E-state index in [0.717, 1.165) is 0 Å². The van der Waals surface area contributed by atoms with Gasteiger partial charge in [-0.2, -0.15) is 0 Å². The van der Waals surface area contributed by atoms with Gasteiger partial charge >= 0.3 is 5.97 Å². The molecule has 0 bridgehead atoms. The third-order valence-corrected chi connectivity index (χ3v) is 3.75. The second-order valence-electron chi connectivity index (χ2n) is 4.83. The monoisotopic (exact) mass is 266 g/mol. The van der Waals surface area contributed by atoms with Crippen LogP contribution < -0.4 is 0 Å². The molecule has 1 aromatic rings. The highest BCUT2D eigenvalue weighted by molar-refractivity contribution is 5.90. The fourth-order valence-electron chi connectivity index (χ4n) is 2.65. The second-order valence-corrected chi connectivity index (χ2v) is 4.83. The Morgan fingerprint density at radius 3 is 2.53 bits per heavy atom. The van der Waals surface area contributed by atoms with E-state index in [-0.39, 0.29) is 0 Å². The third-order valence-electron chi connectivity index (χ3n) is 3.75. The number of fused-ring (bicyclic) bond motifs is 1. The summed E-state index contributed by atoms with van der Waals surface area (Å²) in [4.78, 5) is 11.9. The van der Waals surface area contributed by atoms with Gasteiger partial charge in [0.1, 0.15) is 12.2 Å². The minimum absolute atomic E-state index is 0.357. The SMILES string of the molecule is O=C(O[C@]1(CO)[C@@H]2[C@@H](O)[C@@H](O)O[C@@H]21)c1ccccc1. The fourth-order valence-corrected chi connectivity index (χ4v) is 2.65. The highest BCUT2D eigenvalue weighted by Crippen LogP contribution is 2.56. The lowest BCUT2D eigenvalue weighted by Gasteiger charge is -2.23. The third kappa shape index (κ3) is 1.76. The van der Waals surface area contributed by atoms with Crippen molar-refractivity contribution >= 4 is 5.97 Å². The molecule has 1 aliphatic carbocycles. The first-order valence-corrected chi connectivity index (χ1v) is 6.01. The topological polar surface area (TPSA) is 96.2 Å². The van der Waals surface area contributed by atoms with E-state index in [1.165, 1.54) is 0 Å². The molecular weight excluding hydrogens is 252 g/mol. The molecule has 0 radical (unpaired) electrons. The molecule has 5 atom stereocenters. The molecular formula is C13H14O6. The number of aliphatic hydroxyl groups is 3. The van der Waals surface area contributed by atoms with Crippen LogP contribution in [-0.2, 0) is 9.47 Å². The number of carbonyl (C=O) groups is 1. The van der Waals surface area contributed by atoms with Gasteiger partial charge in [0.15, 0.2) is 11.9 Å². The molecule has 6 nitrogen and oxygen atoms in total. The summed E-state index contributed by atoms with van der Waals surface area (Å²) in [5.74, 6) is -1.17. The molecule has 102 valence electrons. The Kier molecular flexibility index (Phi) is 2.83. The van der Waals surface area contributed by atoms with Crippen molar-refractivity contribution in [3.63, 3.8) is 0 Å². The zero-order valence-electron chi connectivity index (χ0n) is 9.97. The van der Waals surface area contributed by atoms with Gasteiger partial charge in [-0.05, 0) is 12.1 Å². The minimum atomic E-state index is -1.29. The molecule has 19 heavy (non-hydrogen) atoms.